The Hall–Kier alpha value is -1.02. The highest BCUT2D eigenvalue weighted by atomic mass is 35.5. The van der Waals surface area contributed by atoms with Gasteiger partial charge in [-0.05, 0) is 24.6 Å². The predicted molar refractivity (Wildman–Crippen MR) is 55.3 cm³/mol. The molecule has 0 aliphatic carbocycles. The van der Waals surface area contributed by atoms with E-state index in [1.807, 2.05) is 31.2 Å². The van der Waals surface area contributed by atoms with Crippen molar-refractivity contribution in [3.05, 3.63) is 34.9 Å². The fourth-order valence-corrected chi connectivity index (χ4v) is 1.21. The zero-order valence-electron chi connectivity index (χ0n) is 7.75. The summed E-state index contributed by atoms with van der Waals surface area (Å²) in [6, 6.07) is 7.71. The summed E-state index contributed by atoms with van der Waals surface area (Å²) in [4.78, 5) is 4.66. The first-order valence-corrected chi connectivity index (χ1v) is 4.41. The standard InChI is InChI=1S/C10H12ClNO/c1-8(12-13-2)7-9-3-5-10(11)6-4-9/h3-6H,7H2,1-2H3/b12-8-. The molecule has 0 spiro atoms. The summed E-state index contributed by atoms with van der Waals surface area (Å²) >= 11 is 5.75. The van der Waals surface area contributed by atoms with Crippen molar-refractivity contribution in [1.82, 2.24) is 0 Å². The van der Waals surface area contributed by atoms with E-state index in [-0.39, 0.29) is 0 Å². The zero-order chi connectivity index (χ0) is 9.68. The second-order valence-electron chi connectivity index (χ2n) is 2.81. The van der Waals surface area contributed by atoms with Gasteiger partial charge in [-0.15, -0.1) is 0 Å². The number of oxime groups is 1. The van der Waals surface area contributed by atoms with Crippen molar-refractivity contribution in [3.8, 4) is 0 Å². The van der Waals surface area contributed by atoms with Crippen LogP contribution in [0.4, 0.5) is 0 Å². The van der Waals surface area contributed by atoms with E-state index in [9.17, 15) is 0 Å². The molecule has 0 aliphatic rings. The largest absolute Gasteiger partial charge is 0.399 e. The predicted octanol–water partition coefficient (Wildman–Crippen LogP) is 2.90. The van der Waals surface area contributed by atoms with Crippen molar-refractivity contribution >= 4 is 17.3 Å². The molecule has 1 rings (SSSR count). The van der Waals surface area contributed by atoms with Crippen molar-refractivity contribution in [2.45, 2.75) is 13.3 Å². The average Bonchev–Trinajstić information content (AvgIpc) is 2.09. The zero-order valence-corrected chi connectivity index (χ0v) is 8.51. The van der Waals surface area contributed by atoms with Crippen molar-refractivity contribution in [2.24, 2.45) is 5.16 Å². The minimum atomic E-state index is 0.755. The average molecular weight is 198 g/mol. The molecule has 70 valence electrons. The number of hydrogen-bond acceptors (Lipinski definition) is 2. The minimum absolute atomic E-state index is 0.755. The highest BCUT2D eigenvalue weighted by Crippen LogP contribution is 2.10. The summed E-state index contributed by atoms with van der Waals surface area (Å²) in [7, 11) is 1.55. The third kappa shape index (κ3) is 3.47. The van der Waals surface area contributed by atoms with Gasteiger partial charge in [-0.1, -0.05) is 28.9 Å². The van der Waals surface area contributed by atoms with Crippen molar-refractivity contribution in [3.63, 3.8) is 0 Å². The Morgan fingerprint density at radius 2 is 2.00 bits per heavy atom. The molecule has 0 N–H and O–H groups in total. The summed E-state index contributed by atoms with van der Waals surface area (Å²) in [5.74, 6) is 0. The number of nitrogens with zero attached hydrogens (tertiary/aromatic N) is 1. The fraction of sp³-hybridized carbons (Fsp3) is 0.300. The molecule has 0 atom stereocenters. The van der Waals surface area contributed by atoms with E-state index in [0.29, 0.717) is 0 Å². The first-order valence-electron chi connectivity index (χ1n) is 4.03. The van der Waals surface area contributed by atoms with Crippen LogP contribution in [0.5, 0.6) is 0 Å². The van der Waals surface area contributed by atoms with Crippen LogP contribution in [0.2, 0.25) is 5.02 Å². The molecular weight excluding hydrogens is 186 g/mol. The lowest BCUT2D eigenvalue weighted by molar-refractivity contribution is 0.212. The second kappa shape index (κ2) is 4.87. The normalized spacial score (nSPS) is 11.5. The van der Waals surface area contributed by atoms with E-state index in [0.717, 1.165) is 17.2 Å². The summed E-state index contributed by atoms with van der Waals surface area (Å²) in [5.41, 5.74) is 2.13. The molecule has 0 radical (unpaired) electrons. The van der Waals surface area contributed by atoms with Gasteiger partial charge in [-0.25, -0.2) is 0 Å². The van der Waals surface area contributed by atoms with E-state index in [1.54, 1.807) is 7.11 Å². The van der Waals surface area contributed by atoms with Crippen LogP contribution in [0.3, 0.4) is 0 Å². The van der Waals surface area contributed by atoms with Gasteiger partial charge >= 0.3 is 0 Å². The molecule has 0 fully saturated rings. The Labute approximate surface area is 83.2 Å². The quantitative estimate of drug-likeness (QED) is 0.540. The number of rotatable bonds is 3. The SMILES string of the molecule is CO/N=C(/C)Cc1ccc(Cl)cc1. The van der Waals surface area contributed by atoms with Gasteiger partial charge in [0.05, 0.1) is 5.71 Å². The molecule has 1 aromatic rings. The van der Waals surface area contributed by atoms with Crippen LogP contribution in [-0.4, -0.2) is 12.8 Å². The van der Waals surface area contributed by atoms with Gasteiger partial charge in [0.2, 0.25) is 0 Å². The van der Waals surface area contributed by atoms with Gasteiger partial charge in [-0.2, -0.15) is 0 Å². The molecule has 0 heterocycles. The number of halogens is 1. The van der Waals surface area contributed by atoms with Crippen LogP contribution < -0.4 is 0 Å². The molecule has 1 aromatic carbocycles. The lowest BCUT2D eigenvalue weighted by atomic mass is 10.1. The molecule has 0 aliphatic heterocycles. The molecule has 0 unspecified atom stereocenters. The molecule has 0 aromatic heterocycles. The molecule has 13 heavy (non-hydrogen) atoms. The lowest BCUT2D eigenvalue weighted by Crippen LogP contribution is -1.97. The third-order valence-corrected chi connectivity index (χ3v) is 1.87. The number of hydrogen-bond donors (Lipinski definition) is 0. The van der Waals surface area contributed by atoms with Gasteiger partial charge in [-0.3, -0.25) is 0 Å². The van der Waals surface area contributed by atoms with Crippen molar-refractivity contribution in [1.29, 1.82) is 0 Å². The topological polar surface area (TPSA) is 21.6 Å². The van der Waals surface area contributed by atoms with E-state index in [4.69, 9.17) is 11.6 Å². The Balaban J connectivity index is 2.64. The third-order valence-electron chi connectivity index (χ3n) is 1.62. The molecule has 3 heteroatoms. The lowest BCUT2D eigenvalue weighted by Gasteiger charge is -2.00. The Morgan fingerprint density at radius 3 is 2.54 bits per heavy atom. The maximum Gasteiger partial charge on any atom is 0.106 e. The van der Waals surface area contributed by atoms with Crippen molar-refractivity contribution in [2.75, 3.05) is 7.11 Å². The van der Waals surface area contributed by atoms with Crippen LogP contribution >= 0.6 is 11.6 Å². The Kier molecular flexibility index (Phi) is 3.77. The first-order chi connectivity index (χ1) is 6.22. The van der Waals surface area contributed by atoms with Crippen LogP contribution in [0.1, 0.15) is 12.5 Å². The van der Waals surface area contributed by atoms with Gasteiger partial charge in [0.25, 0.3) is 0 Å². The van der Waals surface area contributed by atoms with Crippen LogP contribution in [0.15, 0.2) is 29.4 Å². The highest BCUT2D eigenvalue weighted by molar-refractivity contribution is 6.30. The number of benzene rings is 1. The molecule has 0 bridgehead atoms. The highest BCUT2D eigenvalue weighted by Gasteiger charge is 1.96. The summed E-state index contributed by atoms with van der Waals surface area (Å²) < 4.78 is 0. The van der Waals surface area contributed by atoms with Gasteiger partial charge < -0.3 is 4.84 Å². The maximum absolute atomic E-state index is 5.75. The van der Waals surface area contributed by atoms with Gasteiger partial charge in [0, 0.05) is 11.4 Å². The Morgan fingerprint density at radius 1 is 1.38 bits per heavy atom. The Bertz CT molecular complexity index is 292. The van der Waals surface area contributed by atoms with E-state index < -0.39 is 0 Å². The van der Waals surface area contributed by atoms with Crippen LogP contribution in [0, 0.1) is 0 Å². The minimum Gasteiger partial charge on any atom is -0.399 e. The second-order valence-corrected chi connectivity index (χ2v) is 3.25. The molecule has 0 saturated heterocycles. The summed E-state index contributed by atoms with van der Waals surface area (Å²) in [6.45, 7) is 1.93. The maximum atomic E-state index is 5.75. The monoisotopic (exact) mass is 197 g/mol. The molecule has 2 nitrogen and oxygen atoms in total. The summed E-state index contributed by atoms with van der Waals surface area (Å²) in [5, 5.41) is 4.58. The van der Waals surface area contributed by atoms with Crippen LogP contribution in [-0.2, 0) is 11.3 Å². The van der Waals surface area contributed by atoms with E-state index >= 15 is 0 Å². The van der Waals surface area contributed by atoms with Crippen molar-refractivity contribution < 1.29 is 4.84 Å². The summed E-state index contributed by atoms with van der Waals surface area (Å²) in [6.07, 6.45) is 0.797. The smallest absolute Gasteiger partial charge is 0.106 e. The van der Waals surface area contributed by atoms with Crippen LogP contribution in [0.25, 0.3) is 0 Å². The molecule has 0 amide bonds. The van der Waals surface area contributed by atoms with E-state index in [1.165, 1.54) is 5.56 Å². The first kappa shape index (κ1) is 10.1. The van der Waals surface area contributed by atoms with Gasteiger partial charge in [0.1, 0.15) is 7.11 Å². The molecule has 0 saturated carbocycles. The fourth-order valence-electron chi connectivity index (χ4n) is 1.09. The van der Waals surface area contributed by atoms with E-state index in [2.05, 4.69) is 9.99 Å². The molecular formula is C10H12ClNO. The van der Waals surface area contributed by atoms with Gasteiger partial charge in [0.15, 0.2) is 0 Å².